The molecule has 0 fully saturated rings. The van der Waals surface area contributed by atoms with Crippen LogP contribution in [0.3, 0.4) is 0 Å². The fraction of sp³-hybridized carbons (Fsp3) is 0.0952. The van der Waals surface area contributed by atoms with Crippen LogP contribution in [0.1, 0.15) is 23.7 Å². The van der Waals surface area contributed by atoms with E-state index in [9.17, 15) is 4.79 Å². The van der Waals surface area contributed by atoms with Crippen LogP contribution in [0.4, 0.5) is 11.4 Å². The molecule has 0 spiro atoms. The lowest BCUT2D eigenvalue weighted by molar-refractivity contribution is -0.114. The van der Waals surface area contributed by atoms with E-state index in [2.05, 4.69) is 33.5 Å². The summed E-state index contributed by atoms with van der Waals surface area (Å²) in [7, 11) is 0. The summed E-state index contributed by atoms with van der Waals surface area (Å²) in [6.07, 6.45) is 4.39. The van der Waals surface area contributed by atoms with Crippen molar-refractivity contribution in [2.75, 3.05) is 5.32 Å². The first kappa shape index (κ1) is 15.3. The Kier molecular flexibility index (Phi) is 3.86. The van der Waals surface area contributed by atoms with E-state index in [1.807, 2.05) is 36.4 Å². The van der Waals surface area contributed by atoms with Gasteiger partial charge in [0.05, 0.1) is 17.6 Å². The van der Waals surface area contributed by atoms with Gasteiger partial charge in [0.1, 0.15) is 0 Å². The van der Waals surface area contributed by atoms with E-state index < -0.39 is 0 Å². The van der Waals surface area contributed by atoms with Gasteiger partial charge >= 0.3 is 0 Å². The Morgan fingerprint density at radius 3 is 2.64 bits per heavy atom. The zero-order valence-electron chi connectivity index (χ0n) is 13.9. The number of anilines is 1. The first-order chi connectivity index (χ1) is 12.2. The molecular weight excluding hydrogens is 310 g/mol. The van der Waals surface area contributed by atoms with Gasteiger partial charge in [-0.1, -0.05) is 18.2 Å². The number of nitrogens with zero attached hydrogens (tertiary/aromatic N) is 2. The number of aromatic nitrogens is 1. The molecule has 0 saturated heterocycles. The van der Waals surface area contributed by atoms with Crippen molar-refractivity contribution in [3.8, 4) is 11.1 Å². The van der Waals surface area contributed by atoms with Crippen LogP contribution >= 0.6 is 0 Å². The second-order valence-corrected chi connectivity index (χ2v) is 6.08. The molecule has 0 radical (unpaired) electrons. The lowest BCUT2D eigenvalue weighted by Crippen LogP contribution is -2.05. The standard InChI is InChI=1S/C21H17N3O/c1-14(25)24-18-6-8-21-16(12-18)10-15-11-17(5-7-20(15)21)23-13-19-4-2-3-9-22-19/h2-9,11-13H,10H2,1H3,(H,24,25). The number of carbonyl (C=O) groups is 1. The van der Waals surface area contributed by atoms with Crippen LogP contribution in [-0.2, 0) is 11.2 Å². The topological polar surface area (TPSA) is 54.4 Å². The van der Waals surface area contributed by atoms with Crippen molar-refractivity contribution in [1.29, 1.82) is 0 Å². The van der Waals surface area contributed by atoms with Gasteiger partial charge in [-0.15, -0.1) is 0 Å². The van der Waals surface area contributed by atoms with Crippen LogP contribution in [0, 0.1) is 0 Å². The van der Waals surface area contributed by atoms with Gasteiger partial charge in [0, 0.05) is 18.8 Å². The molecule has 2 aromatic carbocycles. The maximum atomic E-state index is 11.2. The normalized spacial score (nSPS) is 12.0. The van der Waals surface area contributed by atoms with Crippen LogP contribution < -0.4 is 5.32 Å². The third-order valence-corrected chi connectivity index (χ3v) is 4.22. The van der Waals surface area contributed by atoms with Crippen LogP contribution in [0.25, 0.3) is 11.1 Å². The predicted molar refractivity (Wildman–Crippen MR) is 100 cm³/mol. The van der Waals surface area contributed by atoms with E-state index in [4.69, 9.17) is 0 Å². The molecule has 0 bridgehead atoms. The molecule has 4 heteroatoms. The number of amides is 1. The Bertz CT molecular complexity index is 978. The lowest BCUT2D eigenvalue weighted by atomic mass is 10.1. The van der Waals surface area contributed by atoms with Gasteiger partial charge in [0.25, 0.3) is 0 Å². The minimum absolute atomic E-state index is 0.0541. The summed E-state index contributed by atoms with van der Waals surface area (Å²) < 4.78 is 0. The summed E-state index contributed by atoms with van der Waals surface area (Å²) in [5.41, 5.74) is 7.54. The number of hydrogen-bond donors (Lipinski definition) is 1. The van der Waals surface area contributed by atoms with Crippen molar-refractivity contribution in [2.45, 2.75) is 13.3 Å². The molecule has 3 aromatic rings. The number of nitrogens with one attached hydrogen (secondary N) is 1. The smallest absolute Gasteiger partial charge is 0.221 e. The highest BCUT2D eigenvalue weighted by molar-refractivity contribution is 5.90. The molecule has 0 aliphatic heterocycles. The van der Waals surface area contributed by atoms with Crippen molar-refractivity contribution in [2.24, 2.45) is 4.99 Å². The number of aliphatic imine (C=N–C) groups is 1. The first-order valence-electron chi connectivity index (χ1n) is 8.18. The monoisotopic (exact) mass is 327 g/mol. The highest BCUT2D eigenvalue weighted by Crippen LogP contribution is 2.39. The molecule has 0 unspecified atom stereocenters. The van der Waals surface area contributed by atoms with Crippen LogP contribution in [0.15, 0.2) is 65.8 Å². The number of rotatable bonds is 3. The fourth-order valence-electron chi connectivity index (χ4n) is 3.15. The molecule has 1 heterocycles. The molecule has 1 N–H and O–H groups in total. The van der Waals surface area contributed by atoms with Crippen LogP contribution in [-0.4, -0.2) is 17.1 Å². The average Bonchev–Trinajstić information content (AvgIpc) is 2.97. The Labute approximate surface area is 146 Å². The molecule has 0 atom stereocenters. The molecule has 122 valence electrons. The molecule has 4 rings (SSSR count). The molecule has 1 aliphatic carbocycles. The molecule has 1 amide bonds. The van der Waals surface area contributed by atoms with Crippen molar-refractivity contribution < 1.29 is 4.79 Å². The Hall–Kier alpha value is -3.27. The number of benzene rings is 2. The van der Waals surface area contributed by atoms with Gasteiger partial charge < -0.3 is 5.32 Å². The van der Waals surface area contributed by atoms with Crippen molar-refractivity contribution in [3.05, 3.63) is 77.6 Å². The zero-order valence-corrected chi connectivity index (χ0v) is 13.9. The van der Waals surface area contributed by atoms with Crippen molar-refractivity contribution in [1.82, 2.24) is 4.98 Å². The highest BCUT2D eigenvalue weighted by atomic mass is 16.1. The van der Waals surface area contributed by atoms with E-state index in [0.29, 0.717) is 0 Å². The quantitative estimate of drug-likeness (QED) is 0.568. The SMILES string of the molecule is CC(=O)Nc1ccc2c(c1)Cc1cc(N=Cc3ccccn3)ccc1-2. The van der Waals surface area contributed by atoms with Gasteiger partial charge in [-0.2, -0.15) is 0 Å². The largest absolute Gasteiger partial charge is 0.326 e. The molecule has 4 nitrogen and oxygen atoms in total. The second kappa shape index (κ2) is 6.32. The maximum absolute atomic E-state index is 11.2. The lowest BCUT2D eigenvalue weighted by Gasteiger charge is -2.05. The third-order valence-electron chi connectivity index (χ3n) is 4.22. The van der Waals surface area contributed by atoms with E-state index in [1.165, 1.54) is 29.2 Å². The second-order valence-electron chi connectivity index (χ2n) is 6.08. The van der Waals surface area contributed by atoms with E-state index in [-0.39, 0.29) is 5.91 Å². The summed E-state index contributed by atoms with van der Waals surface area (Å²) in [5, 5.41) is 2.84. The third kappa shape index (κ3) is 3.19. The van der Waals surface area contributed by atoms with Crippen LogP contribution in [0.2, 0.25) is 0 Å². The molecule has 0 saturated carbocycles. The van der Waals surface area contributed by atoms with E-state index in [1.54, 1.807) is 12.4 Å². The maximum Gasteiger partial charge on any atom is 0.221 e. The van der Waals surface area contributed by atoms with Gasteiger partial charge in [0.15, 0.2) is 0 Å². The number of fused-ring (bicyclic) bond motifs is 3. The van der Waals surface area contributed by atoms with Gasteiger partial charge in [0.2, 0.25) is 5.91 Å². The molecule has 25 heavy (non-hydrogen) atoms. The first-order valence-corrected chi connectivity index (χ1v) is 8.18. The fourth-order valence-corrected chi connectivity index (χ4v) is 3.15. The minimum atomic E-state index is -0.0541. The minimum Gasteiger partial charge on any atom is -0.326 e. The van der Waals surface area contributed by atoms with E-state index in [0.717, 1.165) is 23.5 Å². The molecule has 1 aliphatic rings. The van der Waals surface area contributed by atoms with Gasteiger partial charge in [-0.05, 0) is 65.1 Å². The Morgan fingerprint density at radius 1 is 1.08 bits per heavy atom. The summed E-state index contributed by atoms with van der Waals surface area (Å²) in [5.74, 6) is -0.0541. The van der Waals surface area contributed by atoms with E-state index >= 15 is 0 Å². The summed E-state index contributed by atoms with van der Waals surface area (Å²) in [6.45, 7) is 1.52. The Morgan fingerprint density at radius 2 is 1.88 bits per heavy atom. The molecular formula is C21H17N3O. The van der Waals surface area contributed by atoms with Crippen molar-refractivity contribution >= 4 is 23.5 Å². The highest BCUT2D eigenvalue weighted by Gasteiger charge is 2.19. The number of pyridine rings is 1. The summed E-state index contributed by atoms with van der Waals surface area (Å²) >= 11 is 0. The Balaban J connectivity index is 1.60. The number of carbonyl (C=O) groups excluding carboxylic acids is 1. The summed E-state index contributed by atoms with van der Waals surface area (Å²) in [4.78, 5) is 20.0. The van der Waals surface area contributed by atoms with Gasteiger partial charge in [-0.25, -0.2) is 0 Å². The van der Waals surface area contributed by atoms with Crippen LogP contribution in [0.5, 0.6) is 0 Å². The zero-order chi connectivity index (χ0) is 17.2. The summed E-state index contributed by atoms with van der Waals surface area (Å²) in [6, 6.07) is 18.1. The van der Waals surface area contributed by atoms with Crippen molar-refractivity contribution in [3.63, 3.8) is 0 Å². The van der Waals surface area contributed by atoms with Gasteiger partial charge in [-0.3, -0.25) is 14.8 Å². The molecule has 1 aromatic heterocycles. The average molecular weight is 327 g/mol. The number of hydrogen-bond acceptors (Lipinski definition) is 3. The predicted octanol–water partition coefficient (Wildman–Crippen LogP) is 4.36.